The minimum absolute atomic E-state index is 0.758. The van der Waals surface area contributed by atoms with Gasteiger partial charge in [0.15, 0.2) is 5.82 Å². The van der Waals surface area contributed by atoms with E-state index in [-0.39, 0.29) is 0 Å². The molecule has 6 heteroatoms. The normalized spacial score (nSPS) is 10.8. The van der Waals surface area contributed by atoms with Gasteiger partial charge in [0.2, 0.25) is 0 Å². The molecular weight excluding hydrogens is 210 g/mol. The second kappa shape index (κ2) is 7.64. The fraction of sp³-hybridized carbons (Fsp3) is 0.889. The Morgan fingerprint density at radius 1 is 1.40 bits per heavy atom. The van der Waals surface area contributed by atoms with Crippen LogP contribution in [0.3, 0.4) is 0 Å². The maximum atomic E-state index is 5.42. The zero-order chi connectivity index (χ0) is 10.9. The van der Waals surface area contributed by atoms with Crippen LogP contribution in [-0.4, -0.2) is 32.5 Å². The largest absolute Gasteiger partial charge is 0.330 e. The highest BCUT2D eigenvalue weighted by molar-refractivity contribution is 7.98. The minimum Gasteiger partial charge on any atom is -0.330 e. The van der Waals surface area contributed by atoms with Gasteiger partial charge in [-0.1, -0.05) is 13.3 Å². The van der Waals surface area contributed by atoms with Crippen LogP contribution in [0.15, 0.2) is 0 Å². The summed E-state index contributed by atoms with van der Waals surface area (Å²) in [5, 5.41) is 11.7. The SMILES string of the molecule is CCCCn1nnnc1CSCCCN. The molecular formula is C9H19N5S. The number of tetrazole rings is 1. The second-order valence-corrected chi connectivity index (χ2v) is 4.47. The Balaban J connectivity index is 2.29. The number of unbranched alkanes of at least 4 members (excludes halogenated alkanes) is 1. The average molecular weight is 229 g/mol. The number of rotatable bonds is 8. The van der Waals surface area contributed by atoms with Gasteiger partial charge in [0.1, 0.15) is 0 Å². The predicted octanol–water partition coefficient (Wildman–Crippen LogP) is 1.06. The molecule has 86 valence electrons. The Morgan fingerprint density at radius 2 is 2.27 bits per heavy atom. The highest BCUT2D eigenvalue weighted by atomic mass is 32.2. The smallest absolute Gasteiger partial charge is 0.161 e. The first kappa shape index (κ1) is 12.4. The van der Waals surface area contributed by atoms with Gasteiger partial charge in [-0.05, 0) is 35.6 Å². The van der Waals surface area contributed by atoms with E-state index in [2.05, 4.69) is 22.4 Å². The molecule has 0 aliphatic carbocycles. The molecule has 0 aliphatic rings. The molecule has 0 aromatic carbocycles. The van der Waals surface area contributed by atoms with Crippen molar-refractivity contribution >= 4 is 11.8 Å². The molecule has 0 radical (unpaired) electrons. The number of nitrogens with two attached hydrogens (primary N) is 1. The summed E-state index contributed by atoms with van der Waals surface area (Å²) in [7, 11) is 0. The third-order valence-corrected chi connectivity index (χ3v) is 3.09. The van der Waals surface area contributed by atoms with Crippen LogP contribution in [0.5, 0.6) is 0 Å². The summed E-state index contributed by atoms with van der Waals surface area (Å²) in [5.41, 5.74) is 5.42. The average Bonchev–Trinajstić information content (AvgIpc) is 2.69. The van der Waals surface area contributed by atoms with Crippen LogP contribution < -0.4 is 5.73 Å². The van der Waals surface area contributed by atoms with Crippen molar-refractivity contribution in [3.05, 3.63) is 5.82 Å². The molecule has 0 unspecified atom stereocenters. The summed E-state index contributed by atoms with van der Waals surface area (Å²) < 4.78 is 1.90. The number of hydrogen-bond acceptors (Lipinski definition) is 5. The Labute approximate surface area is 94.8 Å². The van der Waals surface area contributed by atoms with Crippen molar-refractivity contribution in [3.8, 4) is 0 Å². The molecule has 0 spiro atoms. The monoisotopic (exact) mass is 229 g/mol. The third-order valence-electron chi connectivity index (χ3n) is 2.05. The first-order valence-corrected chi connectivity index (χ1v) is 6.56. The summed E-state index contributed by atoms with van der Waals surface area (Å²) in [5.74, 6) is 2.94. The van der Waals surface area contributed by atoms with Gasteiger partial charge in [0.25, 0.3) is 0 Å². The van der Waals surface area contributed by atoms with E-state index in [1.54, 1.807) is 0 Å². The number of aromatic nitrogens is 4. The first-order valence-electron chi connectivity index (χ1n) is 5.41. The van der Waals surface area contributed by atoms with Crippen molar-refractivity contribution in [2.45, 2.75) is 38.5 Å². The standard InChI is InChI=1S/C9H19N5S/c1-2-3-6-14-9(11-12-13-14)8-15-7-4-5-10/h2-8,10H2,1H3. The zero-order valence-corrected chi connectivity index (χ0v) is 10.0. The Hall–Kier alpha value is -0.620. The minimum atomic E-state index is 0.758. The Kier molecular flexibility index (Phi) is 6.34. The van der Waals surface area contributed by atoms with Crippen molar-refractivity contribution in [1.82, 2.24) is 20.2 Å². The lowest BCUT2D eigenvalue weighted by molar-refractivity contribution is 0.540. The number of thioether (sulfide) groups is 1. The van der Waals surface area contributed by atoms with Crippen LogP contribution in [0.4, 0.5) is 0 Å². The van der Waals surface area contributed by atoms with E-state index >= 15 is 0 Å². The lowest BCUT2D eigenvalue weighted by Gasteiger charge is -2.02. The molecule has 1 heterocycles. The molecule has 0 saturated heterocycles. The first-order chi connectivity index (χ1) is 7.38. The van der Waals surface area contributed by atoms with E-state index in [1.165, 1.54) is 6.42 Å². The molecule has 0 atom stereocenters. The van der Waals surface area contributed by atoms with Crippen LogP contribution >= 0.6 is 11.8 Å². The highest BCUT2D eigenvalue weighted by Crippen LogP contribution is 2.10. The molecule has 15 heavy (non-hydrogen) atoms. The van der Waals surface area contributed by atoms with Crippen molar-refractivity contribution in [2.75, 3.05) is 12.3 Å². The van der Waals surface area contributed by atoms with Crippen molar-refractivity contribution in [2.24, 2.45) is 5.73 Å². The number of aryl methyl sites for hydroxylation is 1. The predicted molar refractivity (Wildman–Crippen MR) is 62.6 cm³/mol. The molecule has 0 aliphatic heterocycles. The fourth-order valence-electron chi connectivity index (χ4n) is 1.16. The summed E-state index contributed by atoms with van der Waals surface area (Å²) in [6.07, 6.45) is 3.35. The Morgan fingerprint density at radius 3 is 3.00 bits per heavy atom. The van der Waals surface area contributed by atoms with Crippen LogP contribution in [0, 0.1) is 0 Å². The van der Waals surface area contributed by atoms with Gasteiger partial charge in [-0.25, -0.2) is 4.68 Å². The van der Waals surface area contributed by atoms with E-state index in [0.717, 1.165) is 43.3 Å². The van der Waals surface area contributed by atoms with Crippen LogP contribution in [-0.2, 0) is 12.3 Å². The van der Waals surface area contributed by atoms with E-state index in [4.69, 9.17) is 5.73 Å². The van der Waals surface area contributed by atoms with Crippen LogP contribution in [0.1, 0.15) is 32.0 Å². The summed E-state index contributed by atoms with van der Waals surface area (Å²) in [4.78, 5) is 0. The van der Waals surface area contributed by atoms with E-state index in [9.17, 15) is 0 Å². The van der Waals surface area contributed by atoms with Crippen LogP contribution in [0.2, 0.25) is 0 Å². The number of hydrogen-bond donors (Lipinski definition) is 1. The van der Waals surface area contributed by atoms with Crippen molar-refractivity contribution in [1.29, 1.82) is 0 Å². The Bertz CT molecular complexity index is 263. The molecule has 2 N–H and O–H groups in total. The molecule has 0 bridgehead atoms. The van der Waals surface area contributed by atoms with Crippen molar-refractivity contribution in [3.63, 3.8) is 0 Å². The van der Waals surface area contributed by atoms with Gasteiger partial charge >= 0.3 is 0 Å². The zero-order valence-electron chi connectivity index (χ0n) is 9.22. The molecule has 0 fully saturated rings. The highest BCUT2D eigenvalue weighted by Gasteiger charge is 2.04. The molecule has 0 amide bonds. The third kappa shape index (κ3) is 4.61. The number of nitrogens with zero attached hydrogens (tertiary/aromatic N) is 4. The van der Waals surface area contributed by atoms with E-state index in [1.807, 2.05) is 16.4 Å². The molecule has 1 aromatic rings. The topological polar surface area (TPSA) is 69.6 Å². The summed E-state index contributed by atoms with van der Waals surface area (Å²) in [6.45, 7) is 3.85. The maximum Gasteiger partial charge on any atom is 0.161 e. The van der Waals surface area contributed by atoms with Gasteiger partial charge in [-0.2, -0.15) is 11.8 Å². The second-order valence-electron chi connectivity index (χ2n) is 3.37. The van der Waals surface area contributed by atoms with Crippen LogP contribution in [0.25, 0.3) is 0 Å². The quantitative estimate of drug-likeness (QED) is 0.675. The van der Waals surface area contributed by atoms with Gasteiger partial charge < -0.3 is 5.73 Å². The molecule has 1 rings (SSSR count). The van der Waals surface area contributed by atoms with Gasteiger partial charge in [-0.15, -0.1) is 5.10 Å². The summed E-state index contributed by atoms with van der Waals surface area (Å²) >= 11 is 1.84. The van der Waals surface area contributed by atoms with E-state index in [0.29, 0.717) is 0 Å². The molecule has 5 nitrogen and oxygen atoms in total. The van der Waals surface area contributed by atoms with Gasteiger partial charge in [0.05, 0.1) is 5.75 Å². The van der Waals surface area contributed by atoms with Gasteiger partial charge in [0, 0.05) is 6.54 Å². The fourth-order valence-corrected chi connectivity index (χ4v) is 2.06. The molecule has 0 saturated carbocycles. The maximum absolute atomic E-state index is 5.42. The lowest BCUT2D eigenvalue weighted by Crippen LogP contribution is -2.05. The van der Waals surface area contributed by atoms with Crippen molar-refractivity contribution < 1.29 is 0 Å². The summed E-state index contributed by atoms with van der Waals surface area (Å²) in [6, 6.07) is 0. The molecule has 1 aromatic heterocycles. The van der Waals surface area contributed by atoms with Gasteiger partial charge in [-0.3, -0.25) is 0 Å². The lowest BCUT2D eigenvalue weighted by atomic mass is 10.3. The van der Waals surface area contributed by atoms with E-state index < -0.39 is 0 Å².